The normalized spacial score (nSPS) is 8.46. The molecule has 0 N–H and O–H groups in total. The van der Waals surface area contributed by atoms with Gasteiger partial charge in [0, 0.05) is 6.92 Å². The van der Waals surface area contributed by atoms with Crippen LogP contribution in [0.5, 0.6) is 0 Å². The molecule has 0 saturated carbocycles. The van der Waals surface area contributed by atoms with Crippen molar-refractivity contribution in [1.29, 1.82) is 0 Å². The Morgan fingerprint density at radius 3 is 2.08 bits per heavy atom. The molecule has 0 aliphatic heterocycles. The highest BCUT2D eigenvalue weighted by Crippen LogP contribution is 1.97. The Bertz CT molecular complexity index is 227. The number of carbonyl (C=O) groups is 1. The van der Waals surface area contributed by atoms with Gasteiger partial charge in [0.1, 0.15) is 0 Å². The highest BCUT2D eigenvalue weighted by Gasteiger charge is 1.86. The Labute approximate surface area is 77.6 Å². The Hall–Kier alpha value is -1.35. The molecule has 0 unspecified atom stereocenters. The summed E-state index contributed by atoms with van der Waals surface area (Å²) in [5.74, 6) is -1.08. The number of rotatable bonds is 2. The topological polar surface area (TPSA) is 56.9 Å². The van der Waals surface area contributed by atoms with Crippen molar-refractivity contribution in [3.05, 3.63) is 35.9 Å². The van der Waals surface area contributed by atoms with Crippen molar-refractivity contribution < 1.29 is 15.0 Å². The second kappa shape index (κ2) is 7.31. The van der Waals surface area contributed by atoms with Crippen LogP contribution in [0.3, 0.4) is 0 Å². The average molecular weight is 180 g/mol. The summed E-state index contributed by atoms with van der Waals surface area (Å²) in [5, 5.41) is 19.0. The zero-order valence-corrected chi connectivity index (χ0v) is 7.53. The highest BCUT2D eigenvalue weighted by molar-refractivity contribution is 5.62. The van der Waals surface area contributed by atoms with E-state index in [4.69, 9.17) is 9.90 Å². The first-order valence-corrected chi connectivity index (χ1v) is 3.96. The van der Waals surface area contributed by atoms with Gasteiger partial charge in [-0.15, -0.1) is 0 Å². The van der Waals surface area contributed by atoms with Gasteiger partial charge in [0.15, 0.2) is 0 Å². The zero-order chi connectivity index (χ0) is 10.1. The molecule has 0 fully saturated rings. The van der Waals surface area contributed by atoms with Gasteiger partial charge < -0.3 is 0 Å². The van der Waals surface area contributed by atoms with Gasteiger partial charge in [0.2, 0.25) is 0 Å². The maximum Gasteiger partial charge on any atom is 0.352 e. The highest BCUT2D eigenvalue weighted by atomic mass is 16.4. The van der Waals surface area contributed by atoms with Crippen molar-refractivity contribution >= 4 is 5.97 Å². The molecule has 3 heteroatoms. The average Bonchev–Trinajstić information content (AvgIpc) is 2.06. The van der Waals surface area contributed by atoms with E-state index in [1.54, 1.807) is 0 Å². The van der Waals surface area contributed by atoms with Gasteiger partial charge in [0.05, 0.1) is 6.61 Å². The largest absolute Gasteiger partial charge is 0.352 e. The van der Waals surface area contributed by atoms with Crippen molar-refractivity contribution in [2.75, 3.05) is 6.61 Å². The molecule has 1 rings (SSSR count). The van der Waals surface area contributed by atoms with Crippen molar-refractivity contribution in [3.8, 4) is 0 Å². The summed E-state index contributed by atoms with van der Waals surface area (Å²) in [6.07, 6.45) is 0.654. The van der Waals surface area contributed by atoms with Crippen molar-refractivity contribution in [1.82, 2.24) is 0 Å². The van der Waals surface area contributed by atoms with E-state index in [0.29, 0.717) is 6.42 Å². The van der Waals surface area contributed by atoms with Crippen LogP contribution in [0.25, 0.3) is 0 Å². The summed E-state index contributed by atoms with van der Waals surface area (Å²) in [7, 11) is 0. The van der Waals surface area contributed by atoms with E-state index >= 15 is 0 Å². The molecule has 0 aliphatic carbocycles. The lowest BCUT2D eigenvalue weighted by molar-refractivity contribution is -0.140. The van der Waals surface area contributed by atoms with Crippen LogP contribution in [0.1, 0.15) is 12.5 Å². The lowest BCUT2D eigenvalue weighted by Gasteiger charge is -1.92. The molecule has 0 spiro atoms. The predicted molar refractivity (Wildman–Crippen MR) is 47.1 cm³/mol. The van der Waals surface area contributed by atoms with Gasteiger partial charge in [-0.1, -0.05) is 30.3 Å². The van der Waals surface area contributed by atoms with Crippen LogP contribution in [0.4, 0.5) is 0 Å². The fourth-order valence-electron chi connectivity index (χ4n) is 0.763. The van der Waals surface area contributed by atoms with Crippen LogP contribution in [0.2, 0.25) is 0 Å². The minimum Gasteiger partial charge on any atom is -0.248 e. The quantitative estimate of drug-likeness (QED) is 0.682. The van der Waals surface area contributed by atoms with Gasteiger partial charge in [-0.2, -0.15) is 0 Å². The molecule has 0 bridgehead atoms. The molecule has 2 radical (unpaired) electrons. The molecule has 13 heavy (non-hydrogen) atoms. The third kappa shape index (κ3) is 8.56. The summed E-state index contributed by atoms with van der Waals surface area (Å²) in [6, 6.07) is 9.79. The van der Waals surface area contributed by atoms with Crippen molar-refractivity contribution in [2.45, 2.75) is 13.3 Å². The van der Waals surface area contributed by atoms with E-state index in [9.17, 15) is 5.11 Å². The van der Waals surface area contributed by atoms with Crippen LogP contribution in [-0.4, -0.2) is 12.6 Å². The first-order valence-electron chi connectivity index (χ1n) is 3.96. The summed E-state index contributed by atoms with van der Waals surface area (Å²) in [4.78, 5) is 8.89. The van der Waals surface area contributed by atoms with Crippen LogP contribution >= 0.6 is 0 Å². The monoisotopic (exact) mass is 180 g/mol. The third-order valence-electron chi connectivity index (χ3n) is 1.23. The fraction of sp³-hybridized carbons (Fsp3) is 0.300. The first kappa shape index (κ1) is 11.6. The first-order chi connectivity index (χ1) is 6.16. The van der Waals surface area contributed by atoms with Crippen molar-refractivity contribution in [2.24, 2.45) is 0 Å². The molecule has 0 atom stereocenters. The number of hydrogen-bond acceptors (Lipinski definition) is 1. The number of benzene rings is 1. The second-order valence-corrected chi connectivity index (χ2v) is 2.43. The molecule has 0 amide bonds. The third-order valence-corrected chi connectivity index (χ3v) is 1.23. The zero-order valence-electron chi connectivity index (χ0n) is 7.53. The SMILES string of the molecule is CC([O])=O.[O]CCc1ccccc1. The summed E-state index contributed by atoms with van der Waals surface area (Å²) < 4.78 is 0. The Kier molecular flexibility index (Phi) is 6.55. The van der Waals surface area contributed by atoms with E-state index in [2.05, 4.69) is 0 Å². The van der Waals surface area contributed by atoms with E-state index < -0.39 is 5.97 Å². The maximum absolute atomic E-state index is 10.1. The van der Waals surface area contributed by atoms with Crippen LogP contribution in [-0.2, 0) is 21.4 Å². The lowest BCUT2D eigenvalue weighted by Crippen LogP contribution is -1.86. The van der Waals surface area contributed by atoms with Gasteiger partial charge in [0.25, 0.3) is 0 Å². The van der Waals surface area contributed by atoms with Gasteiger partial charge >= 0.3 is 5.97 Å². The molecular weight excluding hydrogens is 168 g/mol. The standard InChI is InChI=1S/C8H9O.C2H3O2/c9-7-6-8-4-2-1-3-5-8;1-2(3)4/h1-5H,6-7H2;1H3. The second-order valence-electron chi connectivity index (χ2n) is 2.43. The summed E-state index contributed by atoms with van der Waals surface area (Å²) in [5.41, 5.74) is 1.13. The molecule has 1 aromatic carbocycles. The van der Waals surface area contributed by atoms with Gasteiger partial charge in [-0.05, 0) is 12.0 Å². The van der Waals surface area contributed by atoms with Crippen LogP contribution in [0, 0.1) is 0 Å². The minimum absolute atomic E-state index is 0.00991. The lowest BCUT2D eigenvalue weighted by atomic mass is 10.2. The van der Waals surface area contributed by atoms with Crippen LogP contribution < -0.4 is 0 Å². The van der Waals surface area contributed by atoms with E-state index in [1.165, 1.54) is 0 Å². The molecule has 0 heterocycles. The fourth-order valence-corrected chi connectivity index (χ4v) is 0.763. The molecule has 0 saturated heterocycles. The Morgan fingerprint density at radius 2 is 1.69 bits per heavy atom. The van der Waals surface area contributed by atoms with E-state index in [-0.39, 0.29) is 6.61 Å². The predicted octanol–water partition coefficient (Wildman–Crippen LogP) is 1.62. The molecule has 0 aliphatic rings. The Morgan fingerprint density at radius 1 is 1.23 bits per heavy atom. The molecule has 1 aromatic rings. The molecular formula is C10H12O3. The molecule has 3 nitrogen and oxygen atoms in total. The van der Waals surface area contributed by atoms with Gasteiger partial charge in [-0.25, -0.2) is 15.0 Å². The number of hydrogen-bond donors (Lipinski definition) is 0. The van der Waals surface area contributed by atoms with E-state index in [1.807, 2.05) is 30.3 Å². The maximum atomic E-state index is 10.1. The molecule has 70 valence electrons. The summed E-state index contributed by atoms with van der Waals surface area (Å²) in [6.45, 7) is 0.962. The van der Waals surface area contributed by atoms with E-state index in [0.717, 1.165) is 12.5 Å². The van der Waals surface area contributed by atoms with Crippen molar-refractivity contribution in [3.63, 3.8) is 0 Å². The minimum atomic E-state index is -1.08. The molecule has 0 aromatic heterocycles. The smallest absolute Gasteiger partial charge is 0.248 e. The number of carbonyl (C=O) groups excluding carboxylic acids is 1. The summed E-state index contributed by atoms with van der Waals surface area (Å²) >= 11 is 0. The Balaban J connectivity index is 0.000000310. The van der Waals surface area contributed by atoms with Gasteiger partial charge in [-0.3, -0.25) is 0 Å². The van der Waals surface area contributed by atoms with Crippen LogP contribution in [0.15, 0.2) is 30.3 Å².